The molecule has 0 saturated heterocycles. The van der Waals surface area contributed by atoms with Gasteiger partial charge in [0, 0.05) is 10.7 Å². The van der Waals surface area contributed by atoms with Crippen LogP contribution in [0.25, 0.3) is 6.08 Å². The lowest BCUT2D eigenvalue weighted by atomic mass is 10.0. The molecule has 0 aliphatic carbocycles. The van der Waals surface area contributed by atoms with Crippen LogP contribution in [-0.4, -0.2) is 25.8 Å². The van der Waals surface area contributed by atoms with Crippen LogP contribution in [0.4, 0.5) is 5.69 Å². The summed E-state index contributed by atoms with van der Waals surface area (Å²) in [5.74, 6) is 0.312. The first kappa shape index (κ1) is 18.1. The number of hydrogen-bond donors (Lipinski definition) is 0. The second-order valence-electron chi connectivity index (χ2n) is 6.24. The predicted molar refractivity (Wildman–Crippen MR) is 104 cm³/mol. The molecule has 28 heavy (non-hydrogen) atoms. The molecule has 2 heterocycles. The molecular formula is C21H16ClNO5. The maximum Gasteiger partial charge on any atom is 0.340 e. The Kier molecular flexibility index (Phi) is 4.57. The van der Waals surface area contributed by atoms with E-state index in [1.54, 1.807) is 55.5 Å². The van der Waals surface area contributed by atoms with Crippen molar-refractivity contribution in [3.8, 4) is 11.5 Å². The van der Waals surface area contributed by atoms with Crippen molar-refractivity contribution in [3.63, 3.8) is 0 Å². The first-order valence-electron chi connectivity index (χ1n) is 8.50. The van der Waals surface area contributed by atoms with Crippen molar-refractivity contribution in [1.82, 2.24) is 0 Å². The highest BCUT2D eigenvalue weighted by Gasteiger charge is 2.38. The van der Waals surface area contributed by atoms with Crippen LogP contribution in [0, 0.1) is 0 Å². The van der Waals surface area contributed by atoms with Gasteiger partial charge in [0.05, 0.1) is 23.9 Å². The van der Waals surface area contributed by atoms with Crippen molar-refractivity contribution in [1.29, 1.82) is 0 Å². The monoisotopic (exact) mass is 397 g/mol. The predicted octanol–water partition coefficient (Wildman–Crippen LogP) is 3.95. The summed E-state index contributed by atoms with van der Waals surface area (Å²) >= 11 is 6.08. The van der Waals surface area contributed by atoms with Gasteiger partial charge >= 0.3 is 5.97 Å². The Balaban J connectivity index is 1.82. The standard InChI is InChI=1S/C21H16ClNO5/c1-12-19(21(25)26-2)16(8-13-6-7-17-18(9-13)28-11-27-17)20(24)23(12)15-5-3-4-14(22)10-15/h3-10H,11H2,1-2H3. The van der Waals surface area contributed by atoms with Crippen LogP contribution in [0.2, 0.25) is 5.02 Å². The molecule has 2 aromatic carbocycles. The lowest BCUT2D eigenvalue weighted by Gasteiger charge is -2.18. The molecule has 7 heteroatoms. The number of carbonyl (C=O) groups excluding carboxylic acids is 2. The van der Waals surface area contributed by atoms with Crippen molar-refractivity contribution in [2.24, 2.45) is 0 Å². The van der Waals surface area contributed by atoms with Gasteiger partial charge < -0.3 is 14.2 Å². The van der Waals surface area contributed by atoms with E-state index in [2.05, 4.69) is 0 Å². The van der Waals surface area contributed by atoms with Crippen molar-refractivity contribution >= 4 is 35.2 Å². The van der Waals surface area contributed by atoms with Crippen molar-refractivity contribution in [2.45, 2.75) is 6.92 Å². The largest absolute Gasteiger partial charge is 0.465 e. The van der Waals surface area contributed by atoms with Gasteiger partial charge in [-0.05, 0) is 48.9 Å². The molecule has 0 radical (unpaired) electrons. The minimum atomic E-state index is -0.581. The van der Waals surface area contributed by atoms with Crippen molar-refractivity contribution in [3.05, 3.63) is 69.9 Å². The van der Waals surface area contributed by atoms with E-state index in [0.29, 0.717) is 33.5 Å². The molecule has 0 saturated carbocycles. The molecule has 4 rings (SSSR count). The van der Waals surface area contributed by atoms with Gasteiger partial charge in [-0.25, -0.2) is 4.79 Å². The molecule has 0 fully saturated rings. The molecule has 0 aromatic heterocycles. The van der Waals surface area contributed by atoms with Gasteiger partial charge in [-0.1, -0.05) is 23.7 Å². The first-order valence-corrected chi connectivity index (χ1v) is 8.88. The van der Waals surface area contributed by atoms with Gasteiger partial charge in [-0.2, -0.15) is 0 Å². The Hall–Kier alpha value is -3.25. The van der Waals surface area contributed by atoms with Crippen LogP contribution in [0.3, 0.4) is 0 Å². The van der Waals surface area contributed by atoms with E-state index >= 15 is 0 Å². The third kappa shape index (κ3) is 3.01. The molecule has 0 spiro atoms. The zero-order chi connectivity index (χ0) is 19.8. The minimum absolute atomic E-state index is 0.156. The summed E-state index contributed by atoms with van der Waals surface area (Å²) in [5, 5.41) is 0.492. The molecule has 6 nitrogen and oxygen atoms in total. The number of hydrogen-bond acceptors (Lipinski definition) is 5. The summed E-state index contributed by atoms with van der Waals surface area (Å²) < 4.78 is 15.6. The van der Waals surface area contributed by atoms with E-state index in [4.69, 9.17) is 25.8 Å². The van der Waals surface area contributed by atoms with Crippen LogP contribution >= 0.6 is 11.6 Å². The molecule has 2 aromatic rings. The van der Waals surface area contributed by atoms with Crippen molar-refractivity contribution in [2.75, 3.05) is 18.8 Å². The molecule has 2 aliphatic heterocycles. The second-order valence-corrected chi connectivity index (χ2v) is 6.68. The number of anilines is 1. The Morgan fingerprint density at radius 1 is 1.18 bits per heavy atom. The molecule has 1 amide bonds. The minimum Gasteiger partial charge on any atom is -0.465 e. The van der Waals surface area contributed by atoms with E-state index < -0.39 is 5.97 Å². The van der Waals surface area contributed by atoms with E-state index in [-0.39, 0.29) is 23.8 Å². The highest BCUT2D eigenvalue weighted by atomic mass is 35.5. The lowest BCUT2D eigenvalue weighted by Crippen LogP contribution is -2.24. The second kappa shape index (κ2) is 7.05. The van der Waals surface area contributed by atoms with Gasteiger partial charge in [-0.15, -0.1) is 0 Å². The number of methoxy groups -OCH3 is 1. The highest BCUT2D eigenvalue weighted by Crippen LogP contribution is 2.38. The Labute approximate surface area is 166 Å². The summed E-state index contributed by atoms with van der Waals surface area (Å²) in [6.45, 7) is 1.86. The van der Waals surface area contributed by atoms with Crippen LogP contribution in [0.15, 0.2) is 59.3 Å². The maximum absolute atomic E-state index is 13.2. The Morgan fingerprint density at radius 3 is 2.71 bits per heavy atom. The first-order chi connectivity index (χ1) is 13.5. The number of amides is 1. The van der Waals surface area contributed by atoms with Gasteiger partial charge in [0.2, 0.25) is 6.79 Å². The summed E-state index contributed by atoms with van der Waals surface area (Å²) in [6, 6.07) is 12.2. The highest BCUT2D eigenvalue weighted by molar-refractivity contribution is 6.31. The average molecular weight is 398 g/mol. The summed E-state index contributed by atoms with van der Waals surface area (Å²) in [5.41, 5.74) is 2.21. The van der Waals surface area contributed by atoms with Gasteiger partial charge in [0.15, 0.2) is 11.5 Å². The maximum atomic E-state index is 13.2. The van der Waals surface area contributed by atoms with E-state index in [0.717, 1.165) is 0 Å². The molecule has 0 unspecified atom stereocenters. The average Bonchev–Trinajstić information content (AvgIpc) is 3.23. The number of ether oxygens (including phenoxy) is 3. The molecule has 0 atom stereocenters. The number of benzene rings is 2. The topological polar surface area (TPSA) is 65.1 Å². The summed E-state index contributed by atoms with van der Waals surface area (Å²) in [6.07, 6.45) is 1.64. The smallest absolute Gasteiger partial charge is 0.340 e. The van der Waals surface area contributed by atoms with Crippen LogP contribution in [0.5, 0.6) is 11.5 Å². The van der Waals surface area contributed by atoms with Crippen LogP contribution in [-0.2, 0) is 14.3 Å². The number of rotatable bonds is 3. The van der Waals surface area contributed by atoms with E-state index in [1.807, 2.05) is 0 Å². The van der Waals surface area contributed by atoms with Crippen molar-refractivity contribution < 1.29 is 23.8 Å². The van der Waals surface area contributed by atoms with E-state index in [9.17, 15) is 9.59 Å². The number of allylic oxidation sites excluding steroid dienone is 1. The molecular weight excluding hydrogens is 382 g/mol. The molecule has 0 bridgehead atoms. The fraction of sp³-hybridized carbons (Fsp3) is 0.143. The summed E-state index contributed by atoms with van der Waals surface area (Å²) in [7, 11) is 1.29. The zero-order valence-corrected chi connectivity index (χ0v) is 15.9. The SMILES string of the molecule is COC(=O)C1=C(C)N(c2cccc(Cl)c2)C(=O)C1=Cc1ccc2c(c1)OCO2. The van der Waals surface area contributed by atoms with Gasteiger partial charge in [-0.3, -0.25) is 9.69 Å². The third-order valence-corrected chi connectivity index (χ3v) is 4.80. The van der Waals surface area contributed by atoms with Gasteiger partial charge in [0.1, 0.15) is 0 Å². The van der Waals surface area contributed by atoms with Crippen LogP contribution in [0.1, 0.15) is 12.5 Å². The number of fused-ring (bicyclic) bond motifs is 1. The molecule has 0 N–H and O–H groups in total. The van der Waals surface area contributed by atoms with E-state index in [1.165, 1.54) is 12.0 Å². The Bertz CT molecular complexity index is 1060. The lowest BCUT2D eigenvalue weighted by molar-refractivity contribution is -0.136. The number of esters is 1. The van der Waals surface area contributed by atoms with Gasteiger partial charge in [0.25, 0.3) is 5.91 Å². The fourth-order valence-corrected chi connectivity index (χ4v) is 3.46. The molecule has 142 valence electrons. The summed E-state index contributed by atoms with van der Waals surface area (Å²) in [4.78, 5) is 27.1. The fourth-order valence-electron chi connectivity index (χ4n) is 3.28. The number of carbonyl (C=O) groups is 2. The normalized spacial score (nSPS) is 16.9. The third-order valence-electron chi connectivity index (χ3n) is 4.56. The number of halogens is 1. The zero-order valence-electron chi connectivity index (χ0n) is 15.2. The quantitative estimate of drug-likeness (QED) is 0.579. The Morgan fingerprint density at radius 2 is 1.96 bits per heavy atom. The number of nitrogens with zero attached hydrogens (tertiary/aromatic N) is 1. The molecule has 2 aliphatic rings. The van der Waals surface area contributed by atoms with Crippen LogP contribution < -0.4 is 14.4 Å².